The molecular formula is C22H23FN2O5. The van der Waals surface area contributed by atoms with E-state index in [1.165, 1.54) is 43.3 Å². The second kappa shape index (κ2) is 10.8. The fraction of sp³-hybridized carbons (Fsp3) is 0.227. The average Bonchev–Trinajstić information content (AvgIpc) is 2.68. The zero-order chi connectivity index (χ0) is 22.1. The maximum atomic E-state index is 13.7. The SMILES string of the molecule is CCCCOc1cc(NC(C)=O)c(NC(=O)C=Cc2ccccc2F)cc1C(=O)O. The van der Waals surface area contributed by atoms with Gasteiger partial charge in [0.25, 0.3) is 0 Å². The molecule has 0 aliphatic heterocycles. The number of carboxylic acids is 1. The molecule has 0 aliphatic rings. The molecule has 2 aromatic carbocycles. The number of carbonyl (C=O) groups is 3. The topological polar surface area (TPSA) is 105 Å². The standard InChI is InChI=1S/C22H23FN2O5/c1-3-4-11-30-20-13-19(24-14(2)26)18(12-16(20)22(28)29)25-21(27)10-9-15-7-5-6-8-17(15)23/h5-10,12-13H,3-4,11H2,1-2H3,(H,24,26)(H,25,27)(H,28,29). The first-order chi connectivity index (χ1) is 14.3. The molecule has 0 saturated carbocycles. The van der Waals surface area contributed by atoms with Crippen LogP contribution in [0.3, 0.4) is 0 Å². The second-order valence-corrected chi connectivity index (χ2v) is 6.43. The monoisotopic (exact) mass is 414 g/mol. The van der Waals surface area contributed by atoms with Crippen LogP contribution in [-0.2, 0) is 9.59 Å². The molecule has 7 nitrogen and oxygen atoms in total. The van der Waals surface area contributed by atoms with Crippen LogP contribution in [0.2, 0.25) is 0 Å². The predicted octanol–water partition coefficient (Wildman–Crippen LogP) is 4.31. The van der Waals surface area contributed by atoms with E-state index in [2.05, 4.69) is 10.6 Å². The van der Waals surface area contributed by atoms with Crippen LogP contribution in [0.4, 0.5) is 15.8 Å². The molecule has 0 radical (unpaired) electrons. The molecule has 0 spiro atoms. The van der Waals surface area contributed by atoms with Crippen molar-refractivity contribution in [2.24, 2.45) is 0 Å². The number of benzene rings is 2. The molecule has 0 unspecified atom stereocenters. The first-order valence-electron chi connectivity index (χ1n) is 9.37. The number of hydrogen-bond acceptors (Lipinski definition) is 4. The lowest BCUT2D eigenvalue weighted by molar-refractivity contribution is -0.114. The highest BCUT2D eigenvalue weighted by molar-refractivity contribution is 6.07. The summed E-state index contributed by atoms with van der Waals surface area (Å²) in [6, 6.07) is 8.51. The Bertz CT molecular complexity index is 972. The molecule has 30 heavy (non-hydrogen) atoms. The Morgan fingerprint density at radius 2 is 1.83 bits per heavy atom. The number of nitrogens with one attached hydrogen (secondary N) is 2. The van der Waals surface area contributed by atoms with E-state index in [4.69, 9.17) is 4.74 Å². The van der Waals surface area contributed by atoms with E-state index in [1.54, 1.807) is 6.07 Å². The summed E-state index contributed by atoms with van der Waals surface area (Å²) in [5.74, 6) is -2.68. The molecule has 0 atom stereocenters. The van der Waals surface area contributed by atoms with E-state index in [-0.39, 0.29) is 28.3 Å². The number of carbonyl (C=O) groups excluding carboxylic acids is 2. The number of hydrogen-bond donors (Lipinski definition) is 3. The van der Waals surface area contributed by atoms with Crippen LogP contribution in [0.1, 0.15) is 42.6 Å². The fourth-order valence-corrected chi connectivity index (χ4v) is 2.54. The molecule has 8 heteroatoms. The Labute approximate surface area is 173 Å². The Balaban J connectivity index is 2.32. The molecule has 0 aromatic heterocycles. The molecule has 2 amide bonds. The van der Waals surface area contributed by atoms with E-state index in [1.807, 2.05) is 6.92 Å². The van der Waals surface area contributed by atoms with E-state index in [0.29, 0.717) is 6.61 Å². The second-order valence-electron chi connectivity index (χ2n) is 6.43. The van der Waals surface area contributed by atoms with E-state index in [9.17, 15) is 23.9 Å². The van der Waals surface area contributed by atoms with Crippen LogP contribution in [0.25, 0.3) is 6.08 Å². The summed E-state index contributed by atoms with van der Waals surface area (Å²) in [5.41, 5.74) is 0.328. The summed E-state index contributed by atoms with van der Waals surface area (Å²) in [4.78, 5) is 35.5. The van der Waals surface area contributed by atoms with Gasteiger partial charge in [-0.2, -0.15) is 0 Å². The van der Waals surface area contributed by atoms with Crippen molar-refractivity contribution in [2.75, 3.05) is 17.2 Å². The van der Waals surface area contributed by atoms with E-state index < -0.39 is 23.6 Å². The Kier molecular flexibility index (Phi) is 8.10. The minimum Gasteiger partial charge on any atom is -0.493 e. The van der Waals surface area contributed by atoms with Crippen LogP contribution in [0.5, 0.6) is 5.75 Å². The van der Waals surface area contributed by atoms with Crippen molar-refractivity contribution < 1.29 is 28.6 Å². The molecule has 3 N–H and O–H groups in total. The normalized spacial score (nSPS) is 10.6. The van der Waals surface area contributed by atoms with Gasteiger partial charge in [0.1, 0.15) is 17.1 Å². The van der Waals surface area contributed by atoms with Gasteiger partial charge in [-0.3, -0.25) is 9.59 Å². The van der Waals surface area contributed by atoms with Crippen molar-refractivity contribution in [1.82, 2.24) is 0 Å². The zero-order valence-electron chi connectivity index (χ0n) is 16.7. The Morgan fingerprint density at radius 3 is 2.47 bits per heavy atom. The smallest absolute Gasteiger partial charge is 0.339 e. The van der Waals surface area contributed by atoms with Gasteiger partial charge in [-0.25, -0.2) is 9.18 Å². The van der Waals surface area contributed by atoms with Gasteiger partial charge in [0.2, 0.25) is 11.8 Å². The van der Waals surface area contributed by atoms with Gasteiger partial charge in [0.15, 0.2) is 0 Å². The zero-order valence-corrected chi connectivity index (χ0v) is 16.7. The molecule has 0 aliphatic carbocycles. The van der Waals surface area contributed by atoms with Crippen LogP contribution in [0, 0.1) is 5.82 Å². The van der Waals surface area contributed by atoms with Crippen molar-refractivity contribution in [2.45, 2.75) is 26.7 Å². The minimum absolute atomic E-state index is 0.0774. The summed E-state index contributed by atoms with van der Waals surface area (Å²) in [5, 5.41) is 14.6. The maximum Gasteiger partial charge on any atom is 0.339 e. The molecule has 2 aromatic rings. The lowest BCUT2D eigenvalue weighted by Crippen LogP contribution is -2.15. The number of carboxylic acid groups (broad SMARTS) is 1. The lowest BCUT2D eigenvalue weighted by Gasteiger charge is -2.16. The number of amides is 2. The Hall–Kier alpha value is -3.68. The van der Waals surface area contributed by atoms with Crippen molar-refractivity contribution in [1.29, 1.82) is 0 Å². The van der Waals surface area contributed by atoms with Crippen molar-refractivity contribution in [3.63, 3.8) is 0 Å². The van der Waals surface area contributed by atoms with Gasteiger partial charge in [-0.15, -0.1) is 0 Å². The predicted molar refractivity (Wildman–Crippen MR) is 112 cm³/mol. The molecular weight excluding hydrogens is 391 g/mol. The highest BCUT2D eigenvalue weighted by atomic mass is 19.1. The summed E-state index contributed by atoms with van der Waals surface area (Å²) < 4.78 is 19.2. The van der Waals surface area contributed by atoms with Gasteiger partial charge in [-0.1, -0.05) is 31.5 Å². The minimum atomic E-state index is -1.24. The largest absolute Gasteiger partial charge is 0.493 e. The van der Waals surface area contributed by atoms with Gasteiger partial charge in [-0.05, 0) is 24.6 Å². The van der Waals surface area contributed by atoms with Crippen molar-refractivity contribution in [3.05, 3.63) is 59.4 Å². The van der Waals surface area contributed by atoms with E-state index >= 15 is 0 Å². The maximum absolute atomic E-state index is 13.7. The van der Waals surface area contributed by atoms with Gasteiger partial charge >= 0.3 is 5.97 Å². The highest BCUT2D eigenvalue weighted by Gasteiger charge is 2.18. The third kappa shape index (κ3) is 6.44. The lowest BCUT2D eigenvalue weighted by atomic mass is 10.1. The van der Waals surface area contributed by atoms with Crippen molar-refractivity contribution in [3.8, 4) is 5.75 Å². The van der Waals surface area contributed by atoms with Crippen LogP contribution < -0.4 is 15.4 Å². The molecule has 0 saturated heterocycles. The Morgan fingerprint density at radius 1 is 1.13 bits per heavy atom. The first-order valence-corrected chi connectivity index (χ1v) is 9.37. The van der Waals surface area contributed by atoms with Gasteiger partial charge in [0.05, 0.1) is 18.0 Å². The number of anilines is 2. The molecule has 158 valence electrons. The number of ether oxygens (including phenoxy) is 1. The summed E-state index contributed by atoms with van der Waals surface area (Å²) in [6.07, 6.45) is 4.00. The number of aromatic carboxylic acids is 1. The van der Waals surface area contributed by atoms with Gasteiger partial charge < -0.3 is 20.5 Å². The quantitative estimate of drug-likeness (QED) is 0.419. The molecule has 2 rings (SSSR count). The fourth-order valence-electron chi connectivity index (χ4n) is 2.54. The van der Waals surface area contributed by atoms with Crippen LogP contribution >= 0.6 is 0 Å². The summed E-state index contributed by atoms with van der Waals surface area (Å²) >= 11 is 0. The summed E-state index contributed by atoms with van der Waals surface area (Å²) in [6.45, 7) is 3.57. The number of rotatable bonds is 9. The van der Waals surface area contributed by atoms with Gasteiger partial charge in [0, 0.05) is 24.6 Å². The molecule has 0 bridgehead atoms. The van der Waals surface area contributed by atoms with Crippen LogP contribution in [0.15, 0.2) is 42.5 Å². The van der Waals surface area contributed by atoms with Crippen molar-refractivity contribution >= 4 is 35.2 Å². The first kappa shape index (κ1) is 22.6. The highest BCUT2D eigenvalue weighted by Crippen LogP contribution is 2.32. The third-order valence-electron chi connectivity index (χ3n) is 3.99. The van der Waals surface area contributed by atoms with E-state index in [0.717, 1.165) is 18.9 Å². The molecule has 0 heterocycles. The van der Waals surface area contributed by atoms with Crippen LogP contribution in [-0.4, -0.2) is 29.5 Å². The number of halogens is 1. The summed E-state index contributed by atoms with van der Waals surface area (Å²) in [7, 11) is 0. The average molecular weight is 414 g/mol. The number of unbranched alkanes of at least 4 members (excludes halogenated alkanes) is 1. The third-order valence-corrected chi connectivity index (χ3v) is 3.99. The molecule has 0 fully saturated rings.